The Kier molecular flexibility index (Phi) is 4.15. The molecule has 0 radical (unpaired) electrons. The van der Waals surface area contributed by atoms with Crippen LogP contribution in [0.4, 0.5) is 5.69 Å². The first-order chi connectivity index (χ1) is 8.66. The van der Waals surface area contributed by atoms with Crippen LogP contribution in [0.25, 0.3) is 0 Å². The number of anilines is 1. The van der Waals surface area contributed by atoms with Crippen molar-refractivity contribution in [1.29, 1.82) is 0 Å². The highest BCUT2D eigenvalue weighted by atomic mass is 32.1. The SMILES string of the molecule is NC(=S)c1ccc(NCC(=O)N2CCCC2)cc1. The molecule has 1 aromatic rings. The number of rotatable bonds is 4. The van der Waals surface area contributed by atoms with Crippen molar-refractivity contribution >= 4 is 28.8 Å². The summed E-state index contributed by atoms with van der Waals surface area (Å²) in [4.78, 5) is 14.1. The maximum atomic E-state index is 11.8. The largest absolute Gasteiger partial charge is 0.389 e. The normalized spacial score (nSPS) is 14.6. The molecule has 1 amide bonds. The van der Waals surface area contributed by atoms with Gasteiger partial charge in [-0.25, -0.2) is 0 Å². The first kappa shape index (κ1) is 12.8. The van der Waals surface area contributed by atoms with Crippen molar-refractivity contribution < 1.29 is 4.79 Å². The van der Waals surface area contributed by atoms with Gasteiger partial charge in [-0.15, -0.1) is 0 Å². The molecule has 0 unspecified atom stereocenters. The number of amides is 1. The molecule has 1 aliphatic rings. The van der Waals surface area contributed by atoms with Crippen LogP contribution in [0.2, 0.25) is 0 Å². The predicted molar refractivity (Wildman–Crippen MR) is 76.6 cm³/mol. The van der Waals surface area contributed by atoms with Crippen molar-refractivity contribution in [2.24, 2.45) is 5.73 Å². The molecule has 0 spiro atoms. The Bertz CT molecular complexity index is 438. The Hall–Kier alpha value is -1.62. The van der Waals surface area contributed by atoms with Gasteiger partial charge in [0.25, 0.3) is 0 Å². The summed E-state index contributed by atoms with van der Waals surface area (Å²) in [7, 11) is 0. The van der Waals surface area contributed by atoms with Crippen molar-refractivity contribution in [3.63, 3.8) is 0 Å². The van der Waals surface area contributed by atoms with Crippen molar-refractivity contribution in [3.05, 3.63) is 29.8 Å². The maximum absolute atomic E-state index is 11.8. The third-order valence-electron chi connectivity index (χ3n) is 3.07. The van der Waals surface area contributed by atoms with Crippen LogP contribution in [0.1, 0.15) is 18.4 Å². The highest BCUT2D eigenvalue weighted by Gasteiger charge is 2.16. The van der Waals surface area contributed by atoms with Gasteiger partial charge in [-0.05, 0) is 37.1 Å². The Morgan fingerprint density at radius 3 is 2.44 bits per heavy atom. The predicted octanol–water partition coefficient (Wildman–Crippen LogP) is 1.36. The summed E-state index contributed by atoms with van der Waals surface area (Å²) >= 11 is 4.88. The molecule has 1 fully saturated rings. The molecule has 5 heteroatoms. The lowest BCUT2D eigenvalue weighted by Crippen LogP contribution is -2.32. The second kappa shape index (κ2) is 5.82. The van der Waals surface area contributed by atoms with Crippen molar-refractivity contribution in [2.45, 2.75) is 12.8 Å². The summed E-state index contributed by atoms with van der Waals surface area (Å²) in [6, 6.07) is 7.47. The fraction of sp³-hybridized carbons (Fsp3) is 0.385. The van der Waals surface area contributed by atoms with E-state index in [1.54, 1.807) is 0 Å². The third kappa shape index (κ3) is 3.20. The molecule has 3 N–H and O–H groups in total. The zero-order chi connectivity index (χ0) is 13.0. The van der Waals surface area contributed by atoms with Gasteiger partial charge in [-0.3, -0.25) is 4.79 Å². The number of hydrogen-bond acceptors (Lipinski definition) is 3. The van der Waals surface area contributed by atoms with Gasteiger partial charge in [0.1, 0.15) is 4.99 Å². The Balaban J connectivity index is 1.86. The molecule has 4 nitrogen and oxygen atoms in total. The number of nitrogens with two attached hydrogens (primary N) is 1. The molecule has 0 aliphatic carbocycles. The monoisotopic (exact) mass is 263 g/mol. The molecule has 1 heterocycles. The van der Waals surface area contributed by atoms with E-state index < -0.39 is 0 Å². The van der Waals surface area contributed by atoms with E-state index in [4.69, 9.17) is 18.0 Å². The van der Waals surface area contributed by atoms with Crippen LogP contribution in [0, 0.1) is 0 Å². The van der Waals surface area contributed by atoms with Crippen molar-refractivity contribution in [3.8, 4) is 0 Å². The van der Waals surface area contributed by atoms with Gasteiger partial charge in [-0.2, -0.15) is 0 Å². The summed E-state index contributed by atoms with van der Waals surface area (Å²) in [5, 5.41) is 3.11. The minimum absolute atomic E-state index is 0.158. The molecule has 1 aliphatic heterocycles. The van der Waals surface area contributed by atoms with E-state index in [2.05, 4.69) is 5.32 Å². The van der Waals surface area contributed by atoms with E-state index in [-0.39, 0.29) is 5.91 Å². The van der Waals surface area contributed by atoms with Gasteiger partial charge in [0.2, 0.25) is 5.91 Å². The zero-order valence-electron chi connectivity index (χ0n) is 10.2. The lowest BCUT2D eigenvalue weighted by molar-refractivity contribution is -0.128. The number of hydrogen-bond donors (Lipinski definition) is 2. The van der Waals surface area contributed by atoms with Crippen LogP contribution in [0.5, 0.6) is 0 Å². The van der Waals surface area contributed by atoms with Crippen molar-refractivity contribution in [1.82, 2.24) is 4.90 Å². The van der Waals surface area contributed by atoms with Gasteiger partial charge in [0, 0.05) is 24.3 Å². The number of carbonyl (C=O) groups is 1. The third-order valence-corrected chi connectivity index (χ3v) is 3.31. The highest BCUT2D eigenvalue weighted by molar-refractivity contribution is 7.80. The summed E-state index contributed by atoms with van der Waals surface area (Å²) in [5.41, 5.74) is 7.26. The van der Waals surface area contributed by atoms with Crippen molar-refractivity contribution in [2.75, 3.05) is 25.0 Å². The van der Waals surface area contributed by atoms with Crippen LogP contribution < -0.4 is 11.1 Å². The summed E-state index contributed by atoms with van der Waals surface area (Å²) in [6.07, 6.45) is 2.24. The molecule has 2 rings (SSSR count). The van der Waals surface area contributed by atoms with E-state index in [1.807, 2.05) is 29.2 Å². The zero-order valence-corrected chi connectivity index (χ0v) is 11.0. The quantitative estimate of drug-likeness (QED) is 0.805. The smallest absolute Gasteiger partial charge is 0.241 e. The van der Waals surface area contributed by atoms with Gasteiger partial charge < -0.3 is 16.0 Å². The molecule has 18 heavy (non-hydrogen) atoms. The lowest BCUT2D eigenvalue weighted by atomic mass is 10.2. The van der Waals surface area contributed by atoms with E-state index in [0.29, 0.717) is 11.5 Å². The van der Waals surface area contributed by atoms with Gasteiger partial charge in [0.05, 0.1) is 6.54 Å². The number of nitrogens with zero attached hydrogens (tertiary/aromatic N) is 1. The number of likely N-dealkylation sites (tertiary alicyclic amines) is 1. The molecule has 0 atom stereocenters. The number of benzene rings is 1. The van der Waals surface area contributed by atoms with Gasteiger partial charge in [0.15, 0.2) is 0 Å². The van der Waals surface area contributed by atoms with Crippen LogP contribution in [-0.4, -0.2) is 35.4 Å². The summed E-state index contributed by atoms with van der Waals surface area (Å²) in [6.45, 7) is 2.12. The van der Waals surface area contributed by atoms with Gasteiger partial charge in [-0.1, -0.05) is 12.2 Å². The molecular formula is C13H17N3OS. The second-order valence-electron chi connectivity index (χ2n) is 4.38. The number of nitrogens with one attached hydrogen (secondary N) is 1. The van der Waals surface area contributed by atoms with E-state index in [1.165, 1.54) is 0 Å². The Morgan fingerprint density at radius 2 is 1.89 bits per heavy atom. The average molecular weight is 263 g/mol. The standard InChI is InChI=1S/C13H17N3OS/c14-13(18)10-3-5-11(6-4-10)15-9-12(17)16-7-1-2-8-16/h3-6,15H,1-2,7-9H2,(H2,14,18). The van der Waals surface area contributed by atoms with Crippen LogP contribution in [-0.2, 0) is 4.79 Å². The summed E-state index contributed by atoms with van der Waals surface area (Å²) in [5.74, 6) is 0.158. The minimum Gasteiger partial charge on any atom is -0.389 e. The summed E-state index contributed by atoms with van der Waals surface area (Å²) < 4.78 is 0. The Labute approximate surface area is 112 Å². The molecule has 0 bridgehead atoms. The van der Waals surface area contributed by atoms with E-state index in [9.17, 15) is 4.79 Å². The first-order valence-electron chi connectivity index (χ1n) is 6.08. The molecular weight excluding hydrogens is 246 g/mol. The highest BCUT2D eigenvalue weighted by Crippen LogP contribution is 2.11. The van der Waals surface area contributed by atoms with Crippen LogP contribution in [0.3, 0.4) is 0 Å². The topological polar surface area (TPSA) is 58.4 Å². The number of carbonyl (C=O) groups excluding carboxylic acids is 1. The fourth-order valence-corrected chi connectivity index (χ4v) is 2.14. The van der Waals surface area contributed by atoms with Crippen LogP contribution >= 0.6 is 12.2 Å². The Morgan fingerprint density at radius 1 is 1.28 bits per heavy atom. The lowest BCUT2D eigenvalue weighted by Gasteiger charge is -2.16. The first-order valence-corrected chi connectivity index (χ1v) is 6.49. The average Bonchev–Trinajstić information content (AvgIpc) is 2.90. The molecule has 1 saturated heterocycles. The molecule has 1 aromatic carbocycles. The second-order valence-corrected chi connectivity index (χ2v) is 4.82. The molecule has 0 aromatic heterocycles. The maximum Gasteiger partial charge on any atom is 0.241 e. The van der Waals surface area contributed by atoms with Gasteiger partial charge >= 0.3 is 0 Å². The fourth-order valence-electron chi connectivity index (χ4n) is 2.01. The van der Waals surface area contributed by atoms with Crippen LogP contribution in [0.15, 0.2) is 24.3 Å². The number of thiocarbonyl (C=S) groups is 1. The van der Waals surface area contributed by atoms with E-state index >= 15 is 0 Å². The van der Waals surface area contributed by atoms with E-state index in [0.717, 1.165) is 37.2 Å². The molecule has 96 valence electrons. The molecule has 0 saturated carbocycles. The minimum atomic E-state index is 0.158.